The Hall–Kier alpha value is -2.02. The van der Waals surface area contributed by atoms with Crippen LogP contribution in [-0.2, 0) is 0 Å². The first kappa shape index (κ1) is 14.4. The highest BCUT2D eigenvalue weighted by atomic mass is 35.5. The van der Waals surface area contributed by atoms with Crippen LogP contribution < -0.4 is 5.32 Å². The molecule has 0 spiro atoms. The van der Waals surface area contributed by atoms with Gasteiger partial charge in [-0.3, -0.25) is 4.79 Å². The van der Waals surface area contributed by atoms with E-state index in [4.69, 9.17) is 28.5 Å². The van der Waals surface area contributed by atoms with Gasteiger partial charge in [0.05, 0.1) is 6.07 Å². The van der Waals surface area contributed by atoms with E-state index in [-0.39, 0.29) is 0 Å². The van der Waals surface area contributed by atoms with Crippen LogP contribution in [0.1, 0.15) is 22.0 Å². The molecule has 2 aromatic carbocycles. The Balaban J connectivity index is 2.20. The summed E-state index contributed by atoms with van der Waals surface area (Å²) in [6.45, 7) is 0. The van der Waals surface area contributed by atoms with Gasteiger partial charge in [-0.15, -0.1) is 0 Å². The molecule has 1 atom stereocenters. The van der Waals surface area contributed by atoms with Crippen molar-refractivity contribution in [3.63, 3.8) is 0 Å². The standard InChI is InChI=1S/C15H10Cl2N2O/c16-12-6-11(7-13(17)8-12)15(20)19-14(9-18)10-4-2-1-3-5-10/h1-8,14H,(H,19,20). The van der Waals surface area contributed by atoms with Gasteiger partial charge in [-0.2, -0.15) is 5.26 Å². The topological polar surface area (TPSA) is 52.9 Å². The van der Waals surface area contributed by atoms with Gasteiger partial charge in [-0.1, -0.05) is 53.5 Å². The minimum Gasteiger partial charge on any atom is -0.332 e. The van der Waals surface area contributed by atoms with Gasteiger partial charge in [0.1, 0.15) is 6.04 Å². The maximum Gasteiger partial charge on any atom is 0.252 e. The zero-order valence-electron chi connectivity index (χ0n) is 10.3. The van der Waals surface area contributed by atoms with Crippen molar-refractivity contribution in [2.45, 2.75) is 6.04 Å². The van der Waals surface area contributed by atoms with Crippen LogP contribution in [0, 0.1) is 11.3 Å². The van der Waals surface area contributed by atoms with E-state index in [1.54, 1.807) is 18.2 Å². The van der Waals surface area contributed by atoms with Crippen molar-refractivity contribution in [1.29, 1.82) is 5.26 Å². The van der Waals surface area contributed by atoms with Crippen LogP contribution in [0.4, 0.5) is 0 Å². The molecule has 0 aliphatic rings. The van der Waals surface area contributed by atoms with Crippen LogP contribution in [0.25, 0.3) is 0 Å². The van der Waals surface area contributed by atoms with E-state index < -0.39 is 11.9 Å². The number of amides is 1. The second kappa shape index (κ2) is 6.42. The Bertz CT molecular complexity index is 645. The van der Waals surface area contributed by atoms with Gasteiger partial charge in [0, 0.05) is 15.6 Å². The van der Waals surface area contributed by atoms with E-state index in [0.717, 1.165) is 5.56 Å². The van der Waals surface area contributed by atoms with Gasteiger partial charge in [0.2, 0.25) is 0 Å². The van der Waals surface area contributed by atoms with Crippen molar-refractivity contribution in [3.8, 4) is 6.07 Å². The molecule has 0 aliphatic carbocycles. The Morgan fingerprint density at radius 2 is 1.70 bits per heavy atom. The summed E-state index contributed by atoms with van der Waals surface area (Å²) in [5.74, 6) is -0.398. The molecule has 1 unspecified atom stereocenters. The average molecular weight is 305 g/mol. The summed E-state index contributed by atoms with van der Waals surface area (Å²) in [5.41, 5.74) is 1.04. The second-order valence-electron chi connectivity index (χ2n) is 4.10. The van der Waals surface area contributed by atoms with Crippen LogP contribution in [0.15, 0.2) is 48.5 Å². The molecule has 100 valence electrons. The number of halogens is 2. The van der Waals surface area contributed by atoms with Gasteiger partial charge in [-0.25, -0.2) is 0 Å². The van der Waals surface area contributed by atoms with Crippen molar-refractivity contribution in [1.82, 2.24) is 5.32 Å². The number of nitrogens with zero attached hydrogens (tertiary/aromatic N) is 1. The Kier molecular flexibility index (Phi) is 4.62. The summed E-state index contributed by atoms with van der Waals surface area (Å²) < 4.78 is 0. The zero-order valence-corrected chi connectivity index (χ0v) is 11.8. The fourth-order valence-electron chi connectivity index (χ4n) is 1.73. The number of rotatable bonds is 3. The third-order valence-corrected chi connectivity index (χ3v) is 3.10. The fourth-order valence-corrected chi connectivity index (χ4v) is 2.26. The lowest BCUT2D eigenvalue weighted by molar-refractivity contribution is 0.0945. The lowest BCUT2D eigenvalue weighted by atomic mass is 10.1. The van der Waals surface area contributed by atoms with Crippen LogP contribution in [0.5, 0.6) is 0 Å². The van der Waals surface area contributed by atoms with Crippen molar-refractivity contribution in [2.24, 2.45) is 0 Å². The van der Waals surface area contributed by atoms with E-state index >= 15 is 0 Å². The van der Waals surface area contributed by atoms with E-state index in [1.807, 2.05) is 18.2 Å². The predicted octanol–water partition coefficient (Wildman–Crippen LogP) is 3.99. The van der Waals surface area contributed by atoms with Gasteiger partial charge < -0.3 is 5.32 Å². The summed E-state index contributed by atoms with van der Waals surface area (Å²) in [7, 11) is 0. The molecule has 0 aliphatic heterocycles. The normalized spacial score (nSPS) is 11.4. The van der Waals surface area contributed by atoms with Gasteiger partial charge >= 0.3 is 0 Å². The lowest BCUT2D eigenvalue weighted by Crippen LogP contribution is -2.27. The minimum absolute atomic E-state index is 0.318. The first-order valence-corrected chi connectivity index (χ1v) is 6.57. The number of benzene rings is 2. The molecular weight excluding hydrogens is 295 g/mol. The second-order valence-corrected chi connectivity index (χ2v) is 4.98. The molecule has 3 nitrogen and oxygen atoms in total. The molecule has 0 fully saturated rings. The van der Waals surface area contributed by atoms with E-state index in [0.29, 0.717) is 15.6 Å². The smallest absolute Gasteiger partial charge is 0.252 e. The van der Waals surface area contributed by atoms with Crippen molar-refractivity contribution < 1.29 is 4.79 Å². The quantitative estimate of drug-likeness (QED) is 0.932. The van der Waals surface area contributed by atoms with Crippen LogP contribution in [-0.4, -0.2) is 5.91 Å². The van der Waals surface area contributed by atoms with Gasteiger partial charge in [0.25, 0.3) is 5.91 Å². The summed E-state index contributed by atoms with van der Waals surface area (Å²) in [6, 6.07) is 14.9. The summed E-state index contributed by atoms with van der Waals surface area (Å²) in [6.07, 6.45) is 0. The third kappa shape index (κ3) is 3.51. The molecule has 0 saturated heterocycles. The molecule has 0 aromatic heterocycles. The number of nitriles is 1. The highest BCUT2D eigenvalue weighted by molar-refractivity contribution is 6.35. The monoisotopic (exact) mass is 304 g/mol. The Labute approximate surface area is 126 Å². The van der Waals surface area contributed by atoms with Gasteiger partial charge in [-0.05, 0) is 23.8 Å². The zero-order chi connectivity index (χ0) is 14.5. The number of carbonyl (C=O) groups excluding carboxylic acids is 1. The predicted molar refractivity (Wildman–Crippen MR) is 78.7 cm³/mol. The molecule has 20 heavy (non-hydrogen) atoms. The molecule has 1 N–H and O–H groups in total. The molecule has 0 bridgehead atoms. The first-order chi connectivity index (χ1) is 9.60. The van der Waals surface area contributed by atoms with Crippen molar-refractivity contribution in [3.05, 3.63) is 69.7 Å². The van der Waals surface area contributed by atoms with E-state index in [9.17, 15) is 4.79 Å². The minimum atomic E-state index is -0.721. The van der Waals surface area contributed by atoms with Crippen LogP contribution >= 0.6 is 23.2 Å². The highest BCUT2D eigenvalue weighted by Crippen LogP contribution is 2.20. The molecular formula is C15H10Cl2N2O. The largest absolute Gasteiger partial charge is 0.332 e. The fraction of sp³-hybridized carbons (Fsp3) is 0.0667. The van der Waals surface area contributed by atoms with Crippen LogP contribution in [0.3, 0.4) is 0 Å². The number of hydrogen-bond acceptors (Lipinski definition) is 2. The maximum absolute atomic E-state index is 12.1. The van der Waals surface area contributed by atoms with E-state index in [2.05, 4.69) is 11.4 Å². The maximum atomic E-state index is 12.1. The Morgan fingerprint density at radius 1 is 1.10 bits per heavy atom. The average Bonchev–Trinajstić information content (AvgIpc) is 2.44. The van der Waals surface area contributed by atoms with Gasteiger partial charge in [0.15, 0.2) is 0 Å². The number of hydrogen-bond donors (Lipinski definition) is 1. The molecule has 2 rings (SSSR count). The molecule has 0 saturated carbocycles. The first-order valence-electron chi connectivity index (χ1n) is 5.81. The molecule has 5 heteroatoms. The molecule has 0 heterocycles. The third-order valence-electron chi connectivity index (χ3n) is 2.66. The van der Waals surface area contributed by atoms with E-state index in [1.165, 1.54) is 12.1 Å². The molecule has 2 aromatic rings. The van der Waals surface area contributed by atoms with Crippen molar-refractivity contribution in [2.75, 3.05) is 0 Å². The Morgan fingerprint density at radius 3 is 2.25 bits per heavy atom. The van der Waals surface area contributed by atoms with Crippen molar-refractivity contribution >= 4 is 29.1 Å². The SMILES string of the molecule is N#CC(NC(=O)c1cc(Cl)cc(Cl)c1)c1ccccc1. The highest BCUT2D eigenvalue weighted by Gasteiger charge is 2.15. The summed E-state index contributed by atoms with van der Waals surface area (Å²) in [4.78, 5) is 12.1. The summed E-state index contributed by atoms with van der Waals surface area (Å²) in [5, 5.41) is 12.5. The summed E-state index contributed by atoms with van der Waals surface area (Å²) >= 11 is 11.7. The number of nitrogens with one attached hydrogen (secondary N) is 1. The molecule has 0 radical (unpaired) electrons. The lowest BCUT2D eigenvalue weighted by Gasteiger charge is -2.12. The molecule has 1 amide bonds. The van der Waals surface area contributed by atoms with Crippen LogP contribution in [0.2, 0.25) is 10.0 Å². The number of carbonyl (C=O) groups is 1.